The summed E-state index contributed by atoms with van der Waals surface area (Å²) in [5.74, 6) is 2.18. The van der Waals surface area contributed by atoms with Gasteiger partial charge in [0.15, 0.2) is 5.82 Å². The Morgan fingerprint density at radius 3 is 2.24 bits per heavy atom. The second-order valence-electron chi connectivity index (χ2n) is 4.76. The summed E-state index contributed by atoms with van der Waals surface area (Å²) in [7, 11) is 0. The van der Waals surface area contributed by atoms with Crippen molar-refractivity contribution in [1.82, 2.24) is 20.3 Å². The van der Waals surface area contributed by atoms with Crippen LogP contribution in [0.3, 0.4) is 0 Å². The van der Waals surface area contributed by atoms with E-state index in [0.29, 0.717) is 11.6 Å². The van der Waals surface area contributed by atoms with Gasteiger partial charge in [-0.2, -0.15) is 9.97 Å². The van der Waals surface area contributed by atoms with Gasteiger partial charge in [-0.1, -0.05) is 10.3 Å². The molecule has 3 aromatic rings. The summed E-state index contributed by atoms with van der Waals surface area (Å²) < 4.78 is 15.7. The second kappa shape index (κ2) is 5.35. The maximum Gasteiger partial charge on any atom is 0.316 e. The predicted molar refractivity (Wildman–Crippen MR) is 73.5 cm³/mol. The van der Waals surface area contributed by atoms with E-state index in [1.165, 1.54) is 0 Å². The van der Waals surface area contributed by atoms with E-state index in [2.05, 4.69) is 20.3 Å². The molecule has 1 aromatic carbocycles. The Morgan fingerprint density at radius 1 is 0.952 bits per heavy atom. The molecule has 0 aliphatic carbocycles. The minimum absolute atomic E-state index is 0.133. The van der Waals surface area contributed by atoms with E-state index >= 15 is 0 Å². The third-order valence-corrected chi connectivity index (χ3v) is 2.62. The van der Waals surface area contributed by atoms with Crippen LogP contribution in [0.25, 0.3) is 23.2 Å². The van der Waals surface area contributed by atoms with Gasteiger partial charge < -0.3 is 13.8 Å². The molecule has 0 atom stereocenters. The van der Waals surface area contributed by atoms with Gasteiger partial charge in [0.1, 0.15) is 5.75 Å². The van der Waals surface area contributed by atoms with Gasteiger partial charge in [-0.05, 0) is 45.0 Å². The van der Waals surface area contributed by atoms with Gasteiger partial charge in [0.2, 0.25) is 5.82 Å². The molecule has 0 radical (unpaired) electrons. The Labute approximate surface area is 120 Å². The number of hydrogen-bond donors (Lipinski definition) is 0. The summed E-state index contributed by atoms with van der Waals surface area (Å²) in [5.41, 5.74) is 0.817. The van der Waals surface area contributed by atoms with Gasteiger partial charge in [0.25, 0.3) is 0 Å². The lowest BCUT2D eigenvalue weighted by atomic mass is 10.2. The largest absolute Gasteiger partial charge is 0.491 e. The van der Waals surface area contributed by atoms with E-state index in [1.54, 1.807) is 6.92 Å². The van der Waals surface area contributed by atoms with Gasteiger partial charge in [0.05, 0.1) is 6.10 Å². The number of aryl methyl sites for hydroxylation is 1. The monoisotopic (exact) mass is 286 g/mol. The molecule has 0 aliphatic heterocycles. The first-order chi connectivity index (χ1) is 10.1. The Hall–Kier alpha value is -2.70. The molecular formula is C14H14N4O3. The molecule has 0 N–H and O–H groups in total. The maximum absolute atomic E-state index is 5.58. The zero-order chi connectivity index (χ0) is 14.8. The summed E-state index contributed by atoms with van der Waals surface area (Å²) in [6, 6.07) is 7.46. The highest BCUT2D eigenvalue weighted by Gasteiger charge is 2.16. The lowest BCUT2D eigenvalue weighted by Crippen LogP contribution is -2.05. The van der Waals surface area contributed by atoms with Crippen molar-refractivity contribution in [3.63, 3.8) is 0 Å². The van der Waals surface area contributed by atoms with Crippen LogP contribution in [0.2, 0.25) is 0 Å². The molecule has 108 valence electrons. The Bertz CT molecular complexity index is 731. The van der Waals surface area contributed by atoms with E-state index in [9.17, 15) is 0 Å². The normalized spacial score (nSPS) is 11.0. The van der Waals surface area contributed by atoms with Crippen molar-refractivity contribution in [2.24, 2.45) is 0 Å². The van der Waals surface area contributed by atoms with Crippen LogP contribution in [0.4, 0.5) is 0 Å². The minimum atomic E-state index is 0.133. The molecule has 0 unspecified atom stereocenters. The SMILES string of the molecule is Cc1noc(-c2nc(-c3ccc(OC(C)C)cc3)no2)n1. The quantitative estimate of drug-likeness (QED) is 0.728. The van der Waals surface area contributed by atoms with Crippen LogP contribution < -0.4 is 4.74 Å². The molecule has 0 bridgehead atoms. The average Bonchev–Trinajstić information content (AvgIpc) is 3.07. The molecule has 0 spiro atoms. The lowest BCUT2D eigenvalue weighted by molar-refractivity contribution is 0.242. The molecule has 0 aliphatic rings. The molecule has 7 heteroatoms. The summed E-state index contributed by atoms with van der Waals surface area (Å²) in [4.78, 5) is 8.28. The van der Waals surface area contributed by atoms with Crippen LogP contribution in [0.1, 0.15) is 19.7 Å². The smallest absolute Gasteiger partial charge is 0.316 e. The van der Waals surface area contributed by atoms with Gasteiger partial charge in [-0.3, -0.25) is 0 Å². The fraction of sp³-hybridized carbons (Fsp3) is 0.286. The zero-order valence-electron chi connectivity index (χ0n) is 11.9. The fourth-order valence-electron chi connectivity index (χ4n) is 1.77. The Kier molecular flexibility index (Phi) is 3.39. The number of hydrogen-bond acceptors (Lipinski definition) is 7. The van der Waals surface area contributed by atoms with E-state index in [-0.39, 0.29) is 17.9 Å². The van der Waals surface area contributed by atoms with E-state index in [4.69, 9.17) is 13.8 Å². The van der Waals surface area contributed by atoms with Crippen molar-refractivity contribution in [3.05, 3.63) is 30.1 Å². The van der Waals surface area contributed by atoms with Crippen LogP contribution >= 0.6 is 0 Å². The van der Waals surface area contributed by atoms with Crippen molar-refractivity contribution in [2.45, 2.75) is 26.9 Å². The first kappa shape index (κ1) is 13.3. The van der Waals surface area contributed by atoms with Crippen molar-refractivity contribution in [3.8, 4) is 28.9 Å². The number of aromatic nitrogens is 4. The molecular weight excluding hydrogens is 272 g/mol. The Balaban J connectivity index is 1.83. The summed E-state index contributed by atoms with van der Waals surface area (Å²) in [5, 5.41) is 7.59. The third kappa shape index (κ3) is 2.91. The summed E-state index contributed by atoms with van der Waals surface area (Å²) in [6.45, 7) is 5.68. The van der Waals surface area contributed by atoms with Gasteiger partial charge in [-0.15, -0.1) is 0 Å². The van der Waals surface area contributed by atoms with Crippen LogP contribution in [0.5, 0.6) is 5.75 Å². The lowest BCUT2D eigenvalue weighted by Gasteiger charge is -2.09. The minimum Gasteiger partial charge on any atom is -0.491 e. The molecule has 0 saturated carbocycles. The van der Waals surface area contributed by atoms with Crippen molar-refractivity contribution < 1.29 is 13.8 Å². The fourth-order valence-corrected chi connectivity index (χ4v) is 1.77. The highest BCUT2D eigenvalue weighted by atomic mass is 16.5. The van der Waals surface area contributed by atoms with E-state index in [0.717, 1.165) is 11.3 Å². The topological polar surface area (TPSA) is 87.1 Å². The average molecular weight is 286 g/mol. The molecule has 0 fully saturated rings. The number of rotatable bonds is 4. The van der Waals surface area contributed by atoms with Crippen molar-refractivity contribution in [2.75, 3.05) is 0 Å². The predicted octanol–water partition coefficient (Wildman–Crippen LogP) is 2.88. The first-order valence-electron chi connectivity index (χ1n) is 6.53. The standard InChI is InChI=1S/C14H14N4O3/c1-8(2)19-11-6-4-10(5-7-11)12-16-14(21-18-12)13-15-9(3)17-20-13/h4-8H,1-3H3. The van der Waals surface area contributed by atoms with E-state index < -0.39 is 0 Å². The molecule has 0 amide bonds. The van der Waals surface area contributed by atoms with Crippen molar-refractivity contribution in [1.29, 1.82) is 0 Å². The molecule has 7 nitrogen and oxygen atoms in total. The van der Waals surface area contributed by atoms with Gasteiger partial charge in [0, 0.05) is 5.56 Å². The van der Waals surface area contributed by atoms with Gasteiger partial charge >= 0.3 is 11.8 Å². The molecule has 0 saturated heterocycles. The Morgan fingerprint density at radius 2 is 1.62 bits per heavy atom. The van der Waals surface area contributed by atoms with Crippen LogP contribution in [-0.4, -0.2) is 26.4 Å². The number of nitrogens with zero attached hydrogens (tertiary/aromatic N) is 4. The highest BCUT2D eigenvalue weighted by Crippen LogP contribution is 2.23. The second-order valence-corrected chi connectivity index (χ2v) is 4.76. The zero-order valence-corrected chi connectivity index (χ0v) is 11.9. The van der Waals surface area contributed by atoms with Crippen LogP contribution in [-0.2, 0) is 0 Å². The molecule has 21 heavy (non-hydrogen) atoms. The van der Waals surface area contributed by atoms with Crippen LogP contribution in [0, 0.1) is 6.92 Å². The highest BCUT2D eigenvalue weighted by molar-refractivity contribution is 5.57. The molecule has 2 heterocycles. The first-order valence-corrected chi connectivity index (χ1v) is 6.53. The summed E-state index contributed by atoms with van der Waals surface area (Å²) >= 11 is 0. The van der Waals surface area contributed by atoms with E-state index in [1.807, 2.05) is 38.1 Å². The summed E-state index contributed by atoms with van der Waals surface area (Å²) in [6.07, 6.45) is 0.133. The van der Waals surface area contributed by atoms with Gasteiger partial charge in [-0.25, -0.2) is 0 Å². The van der Waals surface area contributed by atoms with Crippen LogP contribution in [0.15, 0.2) is 33.3 Å². The molecule has 2 aromatic heterocycles. The number of ether oxygens (including phenoxy) is 1. The number of benzene rings is 1. The maximum atomic E-state index is 5.58. The third-order valence-electron chi connectivity index (χ3n) is 2.62. The van der Waals surface area contributed by atoms with Crippen molar-refractivity contribution >= 4 is 0 Å². The molecule has 3 rings (SSSR count).